The van der Waals surface area contributed by atoms with Gasteiger partial charge in [0.25, 0.3) is 0 Å². The van der Waals surface area contributed by atoms with Crippen LogP contribution in [-0.4, -0.2) is 38.1 Å². The van der Waals surface area contributed by atoms with Gasteiger partial charge in [-0.25, -0.2) is 8.42 Å². The number of halogens is 2. The monoisotopic (exact) mass is 440 g/mol. The molecular formula is C20H22Cl2N2O3S. The Morgan fingerprint density at radius 1 is 1.07 bits per heavy atom. The van der Waals surface area contributed by atoms with Crippen molar-refractivity contribution in [3.05, 3.63) is 58.1 Å². The fourth-order valence-electron chi connectivity index (χ4n) is 3.12. The first-order valence-corrected chi connectivity index (χ1v) is 11.3. The Morgan fingerprint density at radius 3 is 2.21 bits per heavy atom. The number of benzene rings is 2. The molecule has 1 fully saturated rings. The van der Waals surface area contributed by atoms with Crippen molar-refractivity contribution < 1.29 is 13.2 Å². The first-order chi connectivity index (χ1) is 13.3. The van der Waals surface area contributed by atoms with E-state index in [0.29, 0.717) is 40.3 Å². The van der Waals surface area contributed by atoms with Crippen LogP contribution in [0.4, 0.5) is 5.69 Å². The summed E-state index contributed by atoms with van der Waals surface area (Å²) < 4.78 is 27.0. The van der Waals surface area contributed by atoms with E-state index < -0.39 is 10.0 Å². The summed E-state index contributed by atoms with van der Waals surface area (Å²) in [6.45, 7) is 3.20. The van der Waals surface area contributed by atoms with E-state index in [9.17, 15) is 13.2 Å². The first-order valence-electron chi connectivity index (χ1n) is 9.10. The van der Waals surface area contributed by atoms with Gasteiger partial charge in [0.05, 0.1) is 27.2 Å². The van der Waals surface area contributed by atoms with Crippen LogP contribution in [0.25, 0.3) is 0 Å². The Labute approximate surface area is 175 Å². The molecule has 0 radical (unpaired) electrons. The van der Waals surface area contributed by atoms with Crippen molar-refractivity contribution >= 4 is 44.7 Å². The van der Waals surface area contributed by atoms with Gasteiger partial charge in [-0.2, -0.15) is 4.31 Å². The molecule has 150 valence electrons. The number of anilines is 1. The highest BCUT2D eigenvalue weighted by Crippen LogP contribution is 2.29. The normalized spacial score (nSPS) is 16.1. The minimum Gasteiger partial charge on any atom is -0.375 e. The van der Waals surface area contributed by atoms with Crippen molar-refractivity contribution in [1.29, 1.82) is 0 Å². The van der Waals surface area contributed by atoms with Gasteiger partial charge in [-0.15, -0.1) is 0 Å². The second-order valence-electron chi connectivity index (χ2n) is 6.98. The predicted molar refractivity (Wildman–Crippen MR) is 113 cm³/mol. The van der Waals surface area contributed by atoms with Crippen molar-refractivity contribution in [3.63, 3.8) is 0 Å². The van der Waals surface area contributed by atoms with Crippen molar-refractivity contribution in [2.45, 2.75) is 24.7 Å². The van der Waals surface area contributed by atoms with E-state index in [1.807, 2.05) is 0 Å². The lowest BCUT2D eigenvalue weighted by atomic mass is 10.0. The fraction of sp³-hybridized carbons (Fsp3) is 0.350. The van der Waals surface area contributed by atoms with Crippen molar-refractivity contribution in [2.24, 2.45) is 5.92 Å². The summed E-state index contributed by atoms with van der Waals surface area (Å²) in [6, 6.07) is 11.1. The number of carbonyl (C=O) groups excluding carboxylic acids is 1. The lowest BCUT2D eigenvalue weighted by molar-refractivity contribution is 0.101. The third-order valence-electron chi connectivity index (χ3n) is 4.95. The van der Waals surface area contributed by atoms with Crippen molar-refractivity contribution in [1.82, 2.24) is 4.31 Å². The molecule has 0 amide bonds. The average Bonchev–Trinajstić information content (AvgIpc) is 2.68. The predicted octanol–water partition coefficient (Wildman–Crippen LogP) is 4.71. The largest absolute Gasteiger partial charge is 0.375 e. The fourth-order valence-corrected chi connectivity index (χ4v) is 5.13. The molecule has 1 aliphatic rings. The van der Waals surface area contributed by atoms with E-state index in [1.165, 1.54) is 28.6 Å². The van der Waals surface area contributed by atoms with E-state index in [-0.39, 0.29) is 17.2 Å². The molecule has 0 aromatic heterocycles. The number of rotatable bonds is 6. The van der Waals surface area contributed by atoms with Gasteiger partial charge in [0, 0.05) is 18.7 Å². The molecule has 2 aromatic rings. The smallest absolute Gasteiger partial charge is 0.243 e. The zero-order valence-corrected chi connectivity index (χ0v) is 17.8. The quantitative estimate of drug-likeness (QED) is 0.660. The number of ketones is 1. The molecule has 0 spiro atoms. The highest BCUT2D eigenvalue weighted by Gasteiger charge is 2.28. The molecule has 0 atom stereocenters. The summed E-state index contributed by atoms with van der Waals surface area (Å²) in [6.07, 6.45) is 1.73. The van der Waals surface area contributed by atoms with E-state index in [2.05, 4.69) is 12.2 Å². The Hall–Kier alpha value is -1.60. The molecule has 3 rings (SSSR count). The van der Waals surface area contributed by atoms with Crippen LogP contribution in [0.2, 0.25) is 10.0 Å². The van der Waals surface area contributed by atoms with Gasteiger partial charge in [0.15, 0.2) is 5.78 Å². The van der Waals surface area contributed by atoms with Crippen LogP contribution in [0.5, 0.6) is 0 Å². The summed E-state index contributed by atoms with van der Waals surface area (Å²) in [5.74, 6) is 0.359. The van der Waals surface area contributed by atoms with Gasteiger partial charge >= 0.3 is 0 Å². The van der Waals surface area contributed by atoms with Crippen LogP contribution < -0.4 is 5.32 Å². The van der Waals surface area contributed by atoms with Crippen LogP contribution >= 0.6 is 23.2 Å². The molecule has 0 unspecified atom stereocenters. The molecule has 0 bridgehead atoms. The summed E-state index contributed by atoms with van der Waals surface area (Å²) in [5, 5.41) is 3.80. The number of para-hydroxylation sites is 1. The van der Waals surface area contributed by atoms with Crippen LogP contribution in [-0.2, 0) is 10.0 Å². The van der Waals surface area contributed by atoms with Crippen molar-refractivity contribution in [3.8, 4) is 0 Å². The van der Waals surface area contributed by atoms with E-state index in [1.54, 1.807) is 18.2 Å². The maximum Gasteiger partial charge on any atom is 0.243 e. The summed E-state index contributed by atoms with van der Waals surface area (Å²) in [4.78, 5) is 12.6. The molecular weight excluding hydrogens is 419 g/mol. The standard InChI is InChI=1S/C20H22Cl2N2O3S/c1-14-9-11-24(12-10-14)28(26,27)16-7-5-15(6-8-16)19(25)13-23-20-17(21)3-2-4-18(20)22/h2-8,14,23H,9-13H2,1H3. The van der Waals surface area contributed by atoms with E-state index in [0.717, 1.165) is 12.8 Å². The molecule has 8 heteroatoms. The maximum absolute atomic E-state index is 12.8. The summed E-state index contributed by atoms with van der Waals surface area (Å²) in [5.41, 5.74) is 0.916. The molecule has 1 saturated heterocycles. The highest BCUT2D eigenvalue weighted by atomic mass is 35.5. The Bertz CT molecular complexity index is 934. The van der Waals surface area contributed by atoms with E-state index in [4.69, 9.17) is 23.2 Å². The lowest BCUT2D eigenvalue weighted by Crippen LogP contribution is -2.37. The SMILES string of the molecule is CC1CCN(S(=O)(=O)c2ccc(C(=O)CNc3c(Cl)cccc3Cl)cc2)CC1. The number of nitrogens with zero attached hydrogens (tertiary/aromatic N) is 1. The van der Waals surface area contributed by atoms with Crippen LogP contribution in [0.1, 0.15) is 30.1 Å². The molecule has 28 heavy (non-hydrogen) atoms. The third-order valence-corrected chi connectivity index (χ3v) is 7.49. The second-order valence-corrected chi connectivity index (χ2v) is 9.74. The van der Waals surface area contributed by atoms with Gasteiger partial charge in [-0.1, -0.05) is 36.2 Å². The molecule has 1 heterocycles. The zero-order chi connectivity index (χ0) is 20.3. The molecule has 5 nitrogen and oxygen atoms in total. The Balaban J connectivity index is 1.67. The topological polar surface area (TPSA) is 66.5 Å². The number of carbonyl (C=O) groups is 1. The Kier molecular flexibility index (Phi) is 6.65. The first kappa shape index (κ1) is 21.1. The van der Waals surface area contributed by atoms with Crippen LogP contribution in [0.15, 0.2) is 47.4 Å². The number of Topliss-reactive ketones (excluding diaryl/α,β-unsaturated/α-hetero) is 1. The number of hydrogen-bond donors (Lipinski definition) is 1. The lowest BCUT2D eigenvalue weighted by Gasteiger charge is -2.29. The number of sulfonamides is 1. The molecule has 1 N–H and O–H groups in total. The van der Waals surface area contributed by atoms with Gasteiger partial charge < -0.3 is 5.32 Å². The Morgan fingerprint density at radius 2 is 1.64 bits per heavy atom. The maximum atomic E-state index is 12.8. The van der Waals surface area contributed by atoms with Gasteiger partial charge in [-0.05, 0) is 55.2 Å². The number of piperidine rings is 1. The summed E-state index contributed by atoms with van der Waals surface area (Å²) >= 11 is 12.2. The van der Waals surface area contributed by atoms with E-state index >= 15 is 0 Å². The highest BCUT2D eigenvalue weighted by molar-refractivity contribution is 7.89. The van der Waals surface area contributed by atoms with Gasteiger partial charge in [0.1, 0.15) is 0 Å². The van der Waals surface area contributed by atoms with Gasteiger partial charge in [0.2, 0.25) is 10.0 Å². The molecule has 1 aliphatic heterocycles. The third kappa shape index (κ3) is 4.69. The second kappa shape index (κ2) is 8.82. The number of hydrogen-bond acceptors (Lipinski definition) is 4. The molecule has 0 saturated carbocycles. The zero-order valence-electron chi connectivity index (χ0n) is 15.5. The van der Waals surface area contributed by atoms with Gasteiger partial charge in [-0.3, -0.25) is 4.79 Å². The summed E-state index contributed by atoms with van der Waals surface area (Å²) in [7, 11) is -3.52. The average molecular weight is 441 g/mol. The molecule has 2 aromatic carbocycles. The minimum atomic E-state index is -3.52. The molecule has 0 aliphatic carbocycles. The van der Waals surface area contributed by atoms with Crippen LogP contribution in [0.3, 0.4) is 0 Å². The van der Waals surface area contributed by atoms with Crippen LogP contribution in [0, 0.1) is 5.92 Å². The number of nitrogens with one attached hydrogen (secondary N) is 1. The van der Waals surface area contributed by atoms with Crippen molar-refractivity contribution in [2.75, 3.05) is 25.0 Å². The minimum absolute atomic E-state index is 0.000433.